The number of unbranched alkanes of at least 4 members (excludes halogenated alkanes) is 15. The summed E-state index contributed by atoms with van der Waals surface area (Å²) in [5.74, 6) is 0.718. The maximum absolute atomic E-state index is 5.16. The average Bonchev–Trinajstić information content (AvgIpc) is 1.55. The van der Waals surface area contributed by atoms with Crippen LogP contribution < -0.4 is 0 Å². The van der Waals surface area contributed by atoms with E-state index in [1.54, 1.807) is 0 Å². The SMILES string of the molecule is C=Cc1ccc(-c2ccc3c(c2)c2cc(-c4cc(-c5ccccc5)nc(-c5ccccc5)n4)ccc2n3-c2ccc(CCCCCCCC)cc2)cc1.C=Cc1ccc(-n2c3ccc(CCCCCCCC)cc3c3cc(-c4ccc5c(c4)c4cccc6c7ccccc7n5c64)ccc32)cc1.C=Cc1ccc(-n2c3ccc(CCCCCCCC)cc3c3cc4sc5ccccc5c4cc32)cc1. The summed E-state index contributed by atoms with van der Waals surface area (Å²) in [5.41, 5.74) is 32.3. The van der Waals surface area contributed by atoms with Gasteiger partial charge in [0.15, 0.2) is 5.82 Å². The molecule has 0 unspecified atom stereocenters. The van der Waals surface area contributed by atoms with Crippen molar-refractivity contribution in [2.75, 3.05) is 0 Å². The molecule has 0 spiro atoms. The average molecular weight is 1800 g/mol. The Morgan fingerprint density at radius 1 is 0.234 bits per heavy atom. The van der Waals surface area contributed by atoms with Crippen LogP contribution in [-0.2, 0) is 19.3 Å². The van der Waals surface area contributed by atoms with Crippen LogP contribution >= 0.6 is 11.3 Å². The van der Waals surface area contributed by atoms with E-state index in [0.717, 1.165) is 69.9 Å². The number of hydrogen-bond acceptors (Lipinski definition) is 3. The molecule has 0 saturated heterocycles. The van der Waals surface area contributed by atoms with Crippen LogP contribution in [0.4, 0.5) is 0 Å². The highest BCUT2D eigenvalue weighted by Crippen LogP contribution is 2.46. The third-order valence-corrected chi connectivity index (χ3v) is 29.6. The normalized spacial score (nSPS) is 11.7. The number of hydrogen-bond donors (Lipinski definition) is 0. The van der Waals surface area contributed by atoms with Crippen LogP contribution in [0.1, 0.15) is 170 Å². The largest absolute Gasteiger partial charge is 0.309 e. The van der Waals surface area contributed by atoms with E-state index in [2.05, 4.69) is 386 Å². The Bertz CT molecular complexity index is 8240. The van der Waals surface area contributed by atoms with Gasteiger partial charge in [-0.15, -0.1) is 11.3 Å². The summed E-state index contributed by atoms with van der Waals surface area (Å²) >= 11 is 1.90. The number of aromatic nitrogens is 6. The fourth-order valence-electron chi connectivity index (χ4n) is 21.2. The molecule has 16 aromatic carbocycles. The minimum absolute atomic E-state index is 0.718. The molecule has 137 heavy (non-hydrogen) atoms. The van der Waals surface area contributed by atoms with E-state index in [4.69, 9.17) is 9.97 Å². The monoisotopic (exact) mass is 1790 g/mol. The van der Waals surface area contributed by atoms with Crippen molar-refractivity contribution >= 4 is 153 Å². The quantitative estimate of drug-likeness (QED) is 0.0395. The van der Waals surface area contributed by atoms with E-state index >= 15 is 0 Å². The molecular weight excluding hydrogens is 1680 g/mol. The van der Waals surface area contributed by atoms with Gasteiger partial charge in [-0.2, -0.15) is 0 Å². The van der Waals surface area contributed by atoms with E-state index in [-0.39, 0.29) is 0 Å². The minimum Gasteiger partial charge on any atom is -0.309 e. The Morgan fingerprint density at radius 3 is 1.12 bits per heavy atom. The summed E-state index contributed by atoms with van der Waals surface area (Å²) in [5, 5.41) is 15.7. The van der Waals surface area contributed by atoms with Crippen molar-refractivity contribution in [1.82, 2.24) is 28.1 Å². The summed E-state index contributed by atoms with van der Waals surface area (Å²) in [6.07, 6.45) is 33.0. The molecule has 6 nitrogen and oxygen atoms in total. The Balaban J connectivity index is 0.000000125. The van der Waals surface area contributed by atoms with Gasteiger partial charge in [0.05, 0.1) is 61.0 Å². The highest BCUT2D eigenvalue weighted by molar-refractivity contribution is 7.25. The Labute approximate surface area is 809 Å². The maximum Gasteiger partial charge on any atom is 0.160 e. The molecule has 0 bridgehead atoms. The fraction of sp³-hybridized carbons (Fsp3) is 0.185. The Hall–Kier alpha value is -14.8. The predicted octanol–water partition coefficient (Wildman–Crippen LogP) is 37.6. The van der Waals surface area contributed by atoms with Gasteiger partial charge in [-0.1, -0.05) is 367 Å². The van der Waals surface area contributed by atoms with E-state index in [9.17, 15) is 0 Å². The third-order valence-electron chi connectivity index (χ3n) is 28.5. The fourth-order valence-corrected chi connectivity index (χ4v) is 22.3. The van der Waals surface area contributed by atoms with Crippen LogP contribution in [0.3, 0.4) is 0 Å². The molecule has 23 aromatic rings. The van der Waals surface area contributed by atoms with Crippen molar-refractivity contribution in [3.8, 4) is 73.2 Å². The van der Waals surface area contributed by atoms with Gasteiger partial charge >= 0.3 is 0 Å². The lowest BCUT2D eigenvalue weighted by Crippen LogP contribution is -1.96. The summed E-state index contributed by atoms with van der Waals surface area (Å²) in [7, 11) is 0. The van der Waals surface area contributed by atoms with Gasteiger partial charge in [0.2, 0.25) is 0 Å². The Kier molecular flexibility index (Phi) is 26.2. The lowest BCUT2D eigenvalue weighted by atomic mass is 9.99. The number of fused-ring (bicyclic) bond motifs is 18. The molecular formula is C130H118N6S. The molecule has 674 valence electrons. The van der Waals surface area contributed by atoms with Crippen LogP contribution in [0, 0.1) is 0 Å². The first-order valence-electron chi connectivity index (χ1n) is 50.2. The molecule has 7 heteroatoms. The van der Waals surface area contributed by atoms with Crippen LogP contribution in [0.15, 0.2) is 372 Å². The van der Waals surface area contributed by atoms with Crippen LogP contribution in [0.5, 0.6) is 0 Å². The Morgan fingerprint density at radius 2 is 0.591 bits per heavy atom. The molecule has 0 aliphatic rings. The second kappa shape index (κ2) is 40.4. The summed E-state index contributed by atoms with van der Waals surface area (Å²) in [6.45, 7) is 18.7. The van der Waals surface area contributed by atoms with Crippen molar-refractivity contribution in [2.45, 2.75) is 156 Å². The number of nitrogens with zero attached hydrogens (tertiary/aromatic N) is 6. The topological polar surface area (TPSA) is 45.0 Å². The maximum atomic E-state index is 5.16. The van der Waals surface area contributed by atoms with Gasteiger partial charge in [0.25, 0.3) is 0 Å². The van der Waals surface area contributed by atoms with Crippen molar-refractivity contribution in [3.05, 3.63) is 405 Å². The van der Waals surface area contributed by atoms with Crippen molar-refractivity contribution in [1.29, 1.82) is 0 Å². The van der Waals surface area contributed by atoms with Crippen molar-refractivity contribution in [2.24, 2.45) is 0 Å². The molecule has 0 N–H and O–H groups in total. The number of para-hydroxylation sites is 2. The first-order chi connectivity index (χ1) is 67.7. The lowest BCUT2D eigenvalue weighted by Gasteiger charge is -2.11. The lowest BCUT2D eigenvalue weighted by molar-refractivity contribution is 0.607. The zero-order chi connectivity index (χ0) is 92.7. The highest BCUT2D eigenvalue weighted by atomic mass is 32.1. The zero-order valence-corrected chi connectivity index (χ0v) is 80.1. The van der Waals surface area contributed by atoms with Gasteiger partial charge in [0.1, 0.15) is 0 Å². The van der Waals surface area contributed by atoms with E-state index < -0.39 is 0 Å². The molecule has 0 radical (unpaired) electrons. The van der Waals surface area contributed by atoms with Gasteiger partial charge in [-0.3, -0.25) is 0 Å². The molecule has 0 fully saturated rings. The summed E-state index contributed by atoms with van der Waals surface area (Å²) in [4.78, 5) is 10.2. The van der Waals surface area contributed by atoms with Crippen LogP contribution in [-0.4, -0.2) is 28.1 Å². The van der Waals surface area contributed by atoms with Crippen LogP contribution in [0.2, 0.25) is 0 Å². The number of aryl methyl sites for hydroxylation is 3. The van der Waals surface area contributed by atoms with Crippen LogP contribution in [0.25, 0.3) is 215 Å². The highest BCUT2D eigenvalue weighted by Gasteiger charge is 2.24. The molecule has 0 aliphatic heterocycles. The first kappa shape index (κ1) is 88.8. The molecule has 23 rings (SSSR count). The summed E-state index contributed by atoms with van der Waals surface area (Å²) in [6, 6.07) is 129. The van der Waals surface area contributed by atoms with Gasteiger partial charge in [-0.25, -0.2) is 9.97 Å². The predicted molar refractivity (Wildman–Crippen MR) is 594 cm³/mol. The van der Waals surface area contributed by atoms with Crippen molar-refractivity contribution < 1.29 is 0 Å². The van der Waals surface area contributed by atoms with E-state index in [1.165, 1.54) is 295 Å². The standard InChI is InChI=1S/C50H45N3.C46H40N2.C34H33NS/c1-3-5-6-7-8-11-16-37-23-29-43(30-24-37)53-48-31-27-41(38-25-21-36(4-2)22-26-38)33-44(48)45-34-42(28-32-49(45)53)47-35-46(39-17-12-9-13-18-39)51-50(52-47)40-19-14-10-15-20-40;1-3-5-6-7-8-9-13-32-20-25-43-39(28-32)41-30-34(21-26-44(41)47(43)35-23-18-31(4-2)19-24-35)33-22-27-45-40(29-33)38-16-12-15-37-36-14-10-11-17-42(36)48(45)46(37)38;1-3-5-6-7-8-9-12-25-17-20-31-28(21-25)29-23-34-30(27-13-10-11-14-33(27)36-34)22-32(29)35(31)26-18-15-24(4-2)16-19-26/h4,9-10,12-15,17-35H,2-3,5-8,11,16H2,1H3;4,10-12,14-30H,2-3,5-9,13H2,1H3;4,10-11,13-23H,2-3,5-9,12H2,1H3. The minimum atomic E-state index is 0.718. The third kappa shape index (κ3) is 18.0. The van der Waals surface area contributed by atoms with E-state index in [0.29, 0.717) is 0 Å². The van der Waals surface area contributed by atoms with Gasteiger partial charge < -0.3 is 18.1 Å². The van der Waals surface area contributed by atoms with Crippen molar-refractivity contribution in [3.63, 3.8) is 0 Å². The molecule has 0 saturated carbocycles. The second-order valence-corrected chi connectivity index (χ2v) is 38.6. The van der Waals surface area contributed by atoms with E-state index in [1.807, 2.05) is 53.8 Å². The van der Waals surface area contributed by atoms with Gasteiger partial charge in [0, 0.05) is 108 Å². The molecule has 0 atom stereocenters. The first-order valence-corrected chi connectivity index (χ1v) is 51.0. The summed E-state index contributed by atoms with van der Waals surface area (Å²) < 4.78 is 12.5. The number of thiophene rings is 1. The number of rotatable bonds is 32. The zero-order valence-electron chi connectivity index (χ0n) is 79.3. The second-order valence-electron chi connectivity index (χ2n) is 37.5. The van der Waals surface area contributed by atoms with Gasteiger partial charge in [-0.05, 0) is 234 Å². The smallest absolute Gasteiger partial charge is 0.160 e. The molecule has 7 aromatic heterocycles. The number of benzene rings is 16. The molecule has 0 aliphatic carbocycles. The molecule has 7 heterocycles. The molecule has 0 amide bonds.